The van der Waals surface area contributed by atoms with Crippen molar-refractivity contribution in [2.75, 3.05) is 0 Å². The van der Waals surface area contributed by atoms with Crippen LogP contribution in [-0.2, 0) is 0 Å². The summed E-state index contributed by atoms with van der Waals surface area (Å²) in [6.07, 6.45) is 0.993. The second kappa shape index (κ2) is 5.71. The van der Waals surface area contributed by atoms with Crippen molar-refractivity contribution in [3.63, 3.8) is 0 Å². The predicted octanol–water partition coefficient (Wildman–Crippen LogP) is 2.99. The lowest BCUT2D eigenvalue weighted by Crippen LogP contribution is -2.17. The van der Waals surface area contributed by atoms with E-state index in [2.05, 4.69) is 6.92 Å². The second-order valence-electron chi connectivity index (χ2n) is 3.30. The Hall–Kier alpha value is -0.0900. The lowest BCUT2D eigenvalue weighted by Gasteiger charge is -2.16. The van der Waals surface area contributed by atoms with E-state index in [1.54, 1.807) is 6.07 Å². The van der Waals surface area contributed by atoms with Gasteiger partial charge >= 0.3 is 0 Å². The van der Waals surface area contributed by atoms with Crippen LogP contribution < -0.4 is 0 Å². The lowest BCUT2D eigenvalue weighted by atomic mass is 10.0. The minimum atomic E-state index is -0.847. The molecule has 1 heterocycles. The molecule has 80 valence electrons. The van der Waals surface area contributed by atoms with Crippen LogP contribution in [0.3, 0.4) is 0 Å². The van der Waals surface area contributed by atoms with Crippen molar-refractivity contribution in [3.05, 3.63) is 21.3 Å². The van der Waals surface area contributed by atoms with E-state index in [1.165, 1.54) is 11.3 Å². The van der Waals surface area contributed by atoms with E-state index in [0.29, 0.717) is 16.3 Å². The van der Waals surface area contributed by atoms with Crippen molar-refractivity contribution in [2.45, 2.75) is 38.4 Å². The highest BCUT2D eigenvalue weighted by Gasteiger charge is 2.20. The van der Waals surface area contributed by atoms with E-state index in [9.17, 15) is 10.2 Å². The third-order valence-corrected chi connectivity index (χ3v) is 3.38. The number of thiophene rings is 1. The van der Waals surface area contributed by atoms with Crippen LogP contribution in [0.4, 0.5) is 0 Å². The molecule has 0 saturated carbocycles. The smallest absolute Gasteiger partial charge is 0.107 e. The third kappa shape index (κ3) is 2.95. The Labute approximate surface area is 93.2 Å². The summed E-state index contributed by atoms with van der Waals surface area (Å²) in [4.78, 5) is 0. The van der Waals surface area contributed by atoms with E-state index in [1.807, 2.05) is 5.38 Å². The van der Waals surface area contributed by atoms with E-state index in [-0.39, 0.29) is 0 Å². The summed E-state index contributed by atoms with van der Waals surface area (Å²) in [6, 6.07) is 1.76. The maximum absolute atomic E-state index is 9.76. The quantitative estimate of drug-likeness (QED) is 0.823. The van der Waals surface area contributed by atoms with Crippen LogP contribution in [0.5, 0.6) is 0 Å². The molecule has 2 atom stereocenters. The largest absolute Gasteiger partial charge is 0.390 e. The maximum atomic E-state index is 9.76. The average molecular weight is 235 g/mol. The van der Waals surface area contributed by atoms with E-state index < -0.39 is 12.2 Å². The van der Waals surface area contributed by atoms with Crippen LogP contribution >= 0.6 is 22.9 Å². The van der Waals surface area contributed by atoms with Crippen LogP contribution in [0.2, 0.25) is 4.34 Å². The maximum Gasteiger partial charge on any atom is 0.107 e. The zero-order valence-electron chi connectivity index (χ0n) is 8.11. The van der Waals surface area contributed by atoms with Crippen LogP contribution in [0.25, 0.3) is 0 Å². The van der Waals surface area contributed by atoms with Crippen molar-refractivity contribution in [2.24, 2.45) is 0 Å². The highest BCUT2D eigenvalue weighted by molar-refractivity contribution is 7.14. The van der Waals surface area contributed by atoms with Gasteiger partial charge in [-0.05, 0) is 17.9 Å². The van der Waals surface area contributed by atoms with Gasteiger partial charge in [0.05, 0.1) is 10.4 Å². The standard InChI is InChI=1S/C10H15ClO2S/c1-2-3-4-8(12)9(13)7-5-6-14-10(7)11/h5-6,8-9,12-13H,2-4H2,1H3. The first-order chi connectivity index (χ1) is 6.66. The Bertz CT molecular complexity index is 275. The van der Waals surface area contributed by atoms with Crippen LogP contribution in [-0.4, -0.2) is 16.3 Å². The zero-order valence-corrected chi connectivity index (χ0v) is 9.68. The molecule has 0 aliphatic carbocycles. The summed E-state index contributed by atoms with van der Waals surface area (Å²) in [6.45, 7) is 2.05. The van der Waals surface area contributed by atoms with Crippen LogP contribution in [0, 0.1) is 0 Å². The topological polar surface area (TPSA) is 40.5 Å². The van der Waals surface area contributed by atoms with Crippen LogP contribution in [0.1, 0.15) is 37.9 Å². The molecule has 1 aromatic rings. The van der Waals surface area contributed by atoms with E-state index >= 15 is 0 Å². The van der Waals surface area contributed by atoms with Crippen molar-refractivity contribution >= 4 is 22.9 Å². The molecule has 0 aromatic carbocycles. The molecule has 0 amide bonds. The Morgan fingerprint density at radius 1 is 1.50 bits per heavy atom. The van der Waals surface area contributed by atoms with Gasteiger partial charge in [-0.3, -0.25) is 0 Å². The molecule has 2 unspecified atom stereocenters. The summed E-state index contributed by atoms with van der Waals surface area (Å²) >= 11 is 7.23. The third-order valence-electron chi connectivity index (χ3n) is 2.18. The molecular formula is C10H15ClO2S. The molecule has 1 rings (SSSR count). The number of hydrogen-bond donors (Lipinski definition) is 2. The highest BCUT2D eigenvalue weighted by atomic mass is 35.5. The van der Waals surface area contributed by atoms with Crippen molar-refractivity contribution in [1.29, 1.82) is 0 Å². The first kappa shape index (κ1) is 12.0. The van der Waals surface area contributed by atoms with Crippen molar-refractivity contribution < 1.29 is 10.2 Å². The van der Waals surface area contributed by atoms with Gasteiger partial charge in [-0.25, -0.2) is 0 Å². The predicted molar refractivity (Wildman–Crippen MR) is 59.8 cm³/mol. The highest BCUT2D eigenvalue weighted by Crippen LogP contribution is 2.31. The summed E-state index contributed by atoms with van der Waals surface area (Å²) < 4.78 is 0.563. The molecule has 0 aliphatic rings. The van der Waals surface area contributed by atoms with Gasteiger partial charge in [0.1, 0.15) is 6.10 Å². The number of aliphatic hydroxyl groups is 2. The summed E-state index contributed by atoms with van der Waals surface area (Å²) in [5.74, 6) is 0. The number of rotatable bonds is 5. The molecule has 2 N–H and O–H groups in total. The Morgan fingerprint density at radius 2 is 2.21 bits per heavy atom. The van der Waals surface area contributed by atoms with E-state index in [4.69, 9.17) is 11.6 Å². The number of hydrogen-bond acceptors (Lipinski definition) is 3. The van der Waals surface area contributed by atoms with Gasteiger partial charge in [0.15, 0.2) is 0 Å². The SMILES string of the molecule is CCCCC(O)C(O)c1ccsc1Cl. The number of halogens is 1. The number of aliphatic hydroxyl groups excluding tert-OH is 2. The fourth-order valence-corrected chi connectivity index (χ4v) is 2.28. The van der Waals surface area contributed by atoms with Gasteiger partial charge in [0.25, 0.3) is 0 Å². The molecule has 0 aliphatic heterocycles. The van der Waals surface area contributed by atoms with Gasteiger partial charge in [-0.2, -0.15) is 0 Å². The summed E-state index contributed by atoms with van der Waals surface area (Å²) in [7, 11) is 0. The summed E-state index contributed by atoms with van der Waals surface area (Å²) in [5.41, 5.74) is 0.639. The van der Waals surface area contributed by atoms with Crippen molar-refractivity contribution in [1.82, 2.24) is 0 Å². The normalized spacial score (nSPS) is 15.4. The molecular weight excluding hydrogens is 220 g/mol. The molecule has 0 bridgehead atoms. The minimum Gasteiger partial charge on any atom is -0.390 e. The van der Waals surface area contributed by atoms with Crippen LogP contribution in [0.15, 0.2) is 11.4 Å². The van der Waals surface area contributed by atoms with Crippen molar-refractivity contribution in [3.8, 4) is 0 Å². The van der Waals surface area contributed by atoms with E-state index in [0.717, 1.165) is 12.8 Å². The Morgan fingerprint density at radius 3 is 2.71 bits per heavy atom. The Kier molecular flexibility index (Phi) is 4.89. The molecule has 0 radical (unpaired) electrons. The monoisotopic (exact) mass is 234 g/mol. The van der Waals surface area contributed by atoms with Gasteiger partial charge in [0, 0.05) is 5.56 Å². The second-order valence-corrected chi connectivity index (χ2v) is 4.82. The zero-order chi connectivity index (χ0) is 10.6. The van der Waals surface area contributed by atoms with Gasteiger partial charge in [-0.1, -0.05) is 31.4 Å². The molecule has 1 aromatic heterocycles. The minimum absolute atomic E-state index is 0.563. The lowest BCUT2D eigenvalue weighted by molar-refractivity contribution is 0.0125. The van der Waals surface area contributed by atoms with Gasteiger partial charge in [0.2, 0.25) is 0 Å². The van der Waals surface area contributed by atoms with Gasteiger partial charge in [-0.15, -0.1) is 11.3 Å². The summed E-state index contributed by atoms with van der Waals surface area (Å²) in [5, 5.41) is 21.2. The molecule has 0 saturated heterocycles. The molecule has 2 nitrogen and oxygen atoms in total. The molecule has 14 heavy (non-hydrogen) atoms. The Balaban J connectivity index is 2.56. The molecule has 0 fully saturated rings. The molecule has 4 heteroatoms. The molecule has 0 spiro atoms. The first-order valence-corrected chi connectivity index (χ1v) is 6.01. The fourth-order valence-electron chi connectivity index (χ4n) is 1.29. The average Bonchev–Trinajstić information content (AvgIpc) is 2.59. The fraction of sp³-hybridized carbons (Fsp3) is 0.600. The number of unbranched alkanes of at least 4 members (excludes halogenated alkanes) is 1. The first-order valence-electron chi connectivity index (χ1n) is 4.75. The van der Waals surface area contributed by atoms with Gasteiger partial charge < -0.3 is 10.2 Å².